The minimum atomic E-state index is -0.858. The first-order chi connectivity index (χ1) is 6.54. The van der Waals surface area contributed by atoms with E-state index in [1.807, 2.05) is 0 Å². The number of Topliss-reactive ketones (excluding diaryl/α,β-unsaturated/α-hetero) is 2. The van der Waals surface area contributed by atoms with Crippen LogP contribution in [0.25, 0.3) is 0 Å². The van der Waals surface area contributed by atoms with Crippen molar-refractivity contribution in [1.29, 1.82) is 0 Å². The topological polar surface area (TPSA) is 76.9 Å². The molecule has 5 nitrogen and oxygen atoms in total. The second-order valence-corrected chi connectivity index (χ2v) is 3.01. The summed E-state index contributed by atoms with van der Waals surface area (Å²) in [4.78, 5) is 26.2. The maximum Gasteiger partial charge on any atom is 0.390 e. The van der Waals surface area contributed by atoms with Crippen LogP contribution in [0.2, 0.25) is 0 Å². The summed E-state index contributed by atoms with van der Waals surface area (Å²) in [6.07, 6.45) is 3.07. The summed E-state index contributed by atoms with van der Waals surface area (Å²) < 4.78 is 1.37. The van der Waals surface area contributed by atoms with Gasteiger partial charge in [-0.15, -0.1) is 0 Å². The van der Waals surface area contributed by atoms with Gasteiger partial charge in [0.2, 0.25) is 0 Å². The molecule has 0 amide bonds. The van der Waals surface area contributed by atoms with E-state index in [9.17, 15) is 9.59 Å². The van der Waals surface area contributed by atoms with Gasteiger partial charge >= 0.3 is 5.95 Å². The van der Waals surface area contributed by atoms with E-state index in [1.165, 1.54) is 24.6 Å². The number of ketones is 2. The van der Waals surface area contributed by atoms with Crippen LogP contribution in [-0.2, 0) is 9.59 Å². The number of hydrogen-bond donors (Lipinski definition) is 1. The molecule has 0 saturated carbocycles. The summed E-state index contributed by atoms with van der Waals surface area (Å²) >= 11 is 0. The zero-order valence-corrected chi connectivity index (χ0v) is 8.10. The number of aromatic nitrogens is 2. The first kappa shape index (κ1) is 10.3. The van der Waals surface area contributed by atoms with Crippen LogP contribution in [0, 0.1) is 0 Å². The predicted molar refractivity (Wildman–Crippen MR) is 49.2 cm³/mol. The third kappa shape index (κ3) is 1.93. The molecule has 2 N–H and O–H groups in total. The molecule has 1 heterocycles. The number of nitrogens with zero attached hydrogens (tertiary/aromatic N) is 2. The molecule has 0 aromatic carbocycles. The molecule has 0 saturated heterocycles. The number of hydrogen-bond acceptors (Lipinski definition) is 4. The molecule has 0 atom stereocenters. The van der Waals surface area contributed by atoms with Gasteiger partial charge in [0.15, 0.2) is 17.6 Å². The highest BCUT2D eigenvalue weighted by Crippen LogP contribution is 2.01. The smallest absolute Gasteiger partial charge is 0.296 e. The van der Waals surface area contributed by atoms with Gasteiger partial charge in [0.05, 0.1) is 6.20 Å². The number of nitrogen functional groups attached to an aromatic ring is 1. The van der Waals surface area contributed by atoms with Gasteiger partial charge in [-0.3, -0.25) is 15.3 Å². The van der Waals surface area contributed by atoms with E-state index < -0.39 is 6.04 Å². The molecule has 1 aromatic rings. The second kappa shape index (κ2) is 3.95. The van der Waals surface area contributed by atoms with Gasteiger partial charge in [-0.25, -0.2) is 4.57 Å². The average molecular weight is 194 g/mol. The molecule has 74 valence electrons. The van der Waals surface area contributed by atoms with Gasteiger partial charge in [0.25, 0.3) is 0 Å². The Kier molecular flexibility index (Phi) is 2.91. The highest BCUT2D eigenvalue weighted by Gasteiger charge is 2.26. The van der Waals surface area contributed by atoms with Crippen molar-refractivity contribution < 1.29 is 14.2 Å². The lowest BCUT2D eigenvalue weighted by Gasteiger charge is -2.09. The van der Waals surface area contributed by atoms with Crippen LogP contribution >= 0.6 is 0 Å². The zero-order chi connectivity index (χ0) is 10.7. The summed E-state index contributed by atoms with van der Waals surface area (Å²) in [5.74, 6) is -0.340. The molecule has 0 fully saturated rings. The number of carbonyl (C=O) groups excluding carboxylic acids is 2. The lowest BCUT2D eigenvalue weighted by Crippen LogP contribution is -2.49. The molecule has 0 aliphatic rings. The van der Waals surface area contributed by atoms with Crippen LogP contribution in [0.1, 0.15) is 19.9 Å². The van der Waals surface area contributed by atoms with E-state index in [0.717, 1.165) is 0 Å². The van der Waals surface area contributed by atoms with Crippen LogP contribution in [0.3, 0.4) is 0 Å². The zero-order valence-electron chi connectivity index (χ0n) is 8.10. The number of nitrogens with two attached hydrogens (primary N) is 1. The van der Waals surface area contributed by atoms with Crippen molar-refractivity contribution in [3.63, 3.8) is 0 Å². The van der Waals surface area contributed by atoms with Crippen molar-refractivity contribution in [2.75, 3.05) is 5.73 Å². The third-order valence-corrected chi connectivity index (χ3v) is 1.85. The minimum absolute atomic E-state index is 0.155. The standard InChI is InChI=1S/C9H11N3O2/c1-6(13)8(7(2)14)12-5-3-4-11-9(12)10/h3-5,8,10H,1-2H3/p+1. The van der Waals surface area contributed by atoms with Crippen molar-refractivity contribution in [2.24, 2.45) is 0 Å². The normalized spacial score (nSPS) is 10.2. The van der Waals surface area contributed by atoms with Gasteiger partial charge in [0.1, 0.15) is 6.20 Å². The Labute approximate surface area is 81.6 Å². The van der Waals surface area contributed by atoms with Crippen LogP contribution in [0.15, 0.2) is 18.5 Å². The monoisotopic (exact) mass is 194 g/mol. The Balaban J connectivity index is 3.18. The van der Waals surface area contributed by atoms with E-state index in [4.69, 9.17) is 5.73 Å². The summed E-state index contributed by atoms with van der Waals surface area (Å²) in [6.45, 7) is 2.71. The molecule has 1 rings (SSSR count). The van der Waals surface area contributed by atoms with E-state index in [2.05, 4.69) is 4.98 Å². The number of carbonyl (C=O) groups is 2. The highest BCUT2D eigenvalue weighted by molar-refractivity contribution is 6.00. The molecular formula is C9H12N3O2+. The van der Waals surface area contributed by atoms with E-state index in [0.29, 0.717) is 0 Å². The molecular weight excluding hydrogens is 182 g/mol. The highest BCUT2D eigenvalue weighted by atomic mass is 16.2. The van der Waals surface area contributed by atoms with Crippen LogP contribution in [-0.4, -0.2) is 16.6 Å². The van der Waals surface area contributed by atoms with Gasteiger partial charge in [-0.1, -0.05) is 4.98 Å². The molecule has 0 aliphatic carbocycles. The largest absolute Gasteiger partial charge is 0.390 e. The number of rotatable bonds is 3. The van der Waals surface area contributed by atoms with Crippen LogP contribution < -0.4 is 10.3 Å². The Hall–Kier alpha value is -1.78. The molecule has 14 heavy (non-hydrogen) atoms. The molecule has 0 unspecified atom stereocenters. The fourth-order valence-corrected chi connectivity index (χ4v) is 1.29. The maximum atomic E-state index is 11.2. The summed E-state index contributed by atoms with van der Waals surface area (Å²) in [5.41, 5.74) is 5.54. The van der Waals surface area contributed by atoms with Crippen LogP contribution in [0.4, 0.5) is 5.95 Å². The van der Waals surface area contributed by atoms with Crippen molar-refractivity contribution in [3.05, 3.63) is 18.5 Å². The molecule has 0 radical (unpaired) electrons. The Morgan fingerprint density at radius 1 is 1.43 bits per heavy atom. The van der Waals surface area contributed by atoms with Crippen molar-refractivity contribution >= 4 is 17.5 Å². The Morgan fingerprint density at radius 3 is 2.43 bits per heavy atom. The second-order valence-electron chi connectivity index (χ2n) is 3.01. The SMILES string of the molecule is CC(=O)C(C(C)=O)[n+]1cccnc1N. The van der Waals surface area contributed by atoms with E-state index >= 15 is 0 Å². The lowest BCUT2D eigenvalue weighted by atomic mass is 10.1. The Bertz CT molecular complexity index is 362. The van der Waals surface area contributed by atoms with Gasteiger partial charge < -0.3 is 0 Å². The third-order valence-electron chi connectivity index (χ3n) is 1.85. The predicted octanol–water partition coefficient (Wildman–Crippen LogP) is -0.330. The summed E-state index contributed by atoms with van der Waals surface area (Å²) in [6, 6.07) is 0.763. The molecule has 0 aliphatic heterocycles. The van der Waals surface area contributed by atoms with Crippen LogP contribution in [0.5, 0.6) is 0 Å². The van der Waals surface area contributed by atoms with Crippen molar-refractivity contribution in [1.82, 2.24) is 4.98 Å². The van der Waals surface area contributed by atoms with Gasteiger partial charge in [0, 0.05) is 6.07 Å². The Morgan fingerprint density at radius 2 is 2.00 bits per heavy atom. The minimum Gasteiger partial charge on any atom is -0.296 e. The summed E-state index contributed by atoms with van der Waals surface area (Å²) in [5, 5.41) is 0. The van der Waals surface area contributed by atoms with E-state index in [1.54, 1.807) is 12.3 Å². The van der Waals surface area contributed by atoms with Crippen molar-refractivity contribution in [3.8, 4) is 0 Å². The van der Waals surface area contributed by atoms with E-state index in [-0.39, 0.29) is 17.5 Å². The molecule has 1 aromatic heterocycles. The average Bonchev–Trinajstić information content (AvgIpc) is 2.07. The van der Waals surface area contributed by atoms with Crippen molar-refractivity contribution in [2.45, 2.75) is 19.9 Å². The molecule has 0 spiro atoms. The maximum absolute atomic E-state index is 11.2. The fourth-order valence-electron chi connectivity index (χ4n) is 1.29. The first-order valence-electron chi connectivity index (χ1n) is 4.16. The number of anilines is 1. The van der Waals surface area contributed by atoms with Gasteiger partial charge in [-0.05, 0) is 13.8 Å². The molecule has 0 bridgehead atoms. The quantitative estimate of drug-likeness (QED) is 0.528. The fraction of sp³-hybridized carbons (Fsp3) is 0.333. The molecule has 5 heteroatoms. The first-order valence-corrected chi connectivity index (χ1v) is 4.16. The summed E-state index contributed by atoms with van der Waals surface area (Å²) in [7, 11) is 0. The van der Waals surface area contributed by atoms with Gasteiger partial charge in [-0.2, -0.15) is 0 Å². The lowest BCUT2D eigenvalue weighted by molar-refractivity contribution is -0.684.